The molecule has 1 fully saturated rings. The maximum Gasteiger partial charge on any atom is 0.340 e. The standard InChI is InChI=1S/C19H20N2O4S/c1-11-9-15(19(24)25-2)18(26-11)21-17(23)14-5-3-12(4-6-14)10-20-16(22)13-7-8-13/h3-6,9,13H,7-8,10H2,1-2H3,(H,20,22)(H,21,23). The van der Waals surface area contributed by atoms with E-state index in [9.17, 15) is 14.4 Å². The molecule has 7 heteroatoms. The van der Waals surface area contributed by atoms with Crippen molar-refractivity contribution in [3.05, 3.63) is 51.9 Å². The number of rotatable bonds is 6. The van der Waals surface area contributed by atoms with Crippen LogP contribution in [0, 0.1) is 12.8 Å². The Labute approximate surface area is 155 Å². The summed E-state index contributed by atoms with van der Waals surface area (Å²) in [5.41, 5.74) is 1.75. The lowest BCUT2D eigenvalue weighted by atomic mass is 10.1. The Hall–Kier alpha value is -2.67. The van der Waals surface area contributed by atoms with Crippen LogP contribution in [0.1, 0.15) is 44.0 Å². The molecule has 1 aliphatic rings. The lowest BCUT2D eigenvalue weighted by Crippen LogP contribution is -2.24. The zero-order valence-electron chi connectivity index (χ0n) is 14.6. The van der Waals surface area contributed by atoms with Crippen molar-refractivity contribution in [1.82, 2.24) is 5.32 Å². The van der Waals surface area contributed by atoms with Crippen molar-refractivity contribution in [2.45, 2.75) is 26.3 Å². The zero-order chi connectivity index (χ0) is 18.7. The molecule has 0 radical (unpaired) electrons. The van der Waals surface area contributed by atoms with E-state index in [2.05, 4.69) is 10.6 Å². The Kier molecular flexibility index (Phi) is 5.37. The summed E-state index contributed by atoms with van der Waals surface area (Å²) in [5.74, 6) is -0.509. The van der Waals surface area contributed by atoms with Gasteiger partial charge in [-0.05, 0) is 43.5 Å². The molecule has 2 N–H and O–H groups in total. The summed E-state index contributed by atoms with van der Waals surface area (Å²) in [6.45, 7) is 2.31. The molecule has 6 nitrogen and oxygen atoms in total. The van der Waals surface area contributed by atoms with Crippen LogP contribution < -0.4 is 10.6 Å². The Balaban J connectivity index is 1.63. The molecular formula is C19H20N2O4S. The van der Waals surface area contributed by atoms with E-state index in [4.69, 9.17) is 4.74 Å². The van der Waals surface area contributed by atoms with Gasteiger partial charge in [0.1, 0.15) is 5.00 Å². The van der Waals surface area contributed by atoms with Gasteiger partial charge in [-0.15, -0.1) is 11.3 Å². The van der Waals surface area contributed by atoms with Crippen LogP contribution in [-0.2, 0) is 16.1 Å². The van der Waals surface area contributed by atoms with Crippen LogP contribution in [0.4, 0.5) is 5.00 Å². The lowest BCUT2D eigenvalue weighted by Gasteiger charge is -2.07. The molecule has 1 aromatic carbocycles. The molecule has 0 bridgehead atoms. The van der Waals surface area contributed by atoms with Crippen LogP contribution in [0.3, 0.4) is 0 Å². The second-order valence-corrected chi connectivity index (χ2v) is 7.49. The van der Waals surface area contributed by atoms with Gasteiger partial charge in [-0.3, -0.25) is 9.59 Å². The Morgan fingerprint density at radius 2 is 1.88 bits per heavy atom. The number of ether oxygens (including phenoxy) is 1. The molecule has 26 heavy (non-hydrogen) atoms. The van der Waals surface area contributed by atoms with Gasteiger partial charge < -0.3 is 15.4 Å². The van der Waals surface area contributed by atoms with Gasteiger partial charge in [-0.1, -0.05) is 12.1 Å². The monoisotopic (exact) mass is 372 g/mol. The van der Waals surface area contributed by atoms with Crippen LogP contribution in [0.25, 0.3) is 0 Å². The fourth-order valence-electron chi connectivity index (χ4n) is 2.50. The zero-order valence-corrected chi connectivity index (χ0v) is 15.4. The van der Waals surface area contributed by atoms with Crippen molar-refractivity contribution in [2.75, 3.05) is 12.4 Å². The molecule has 0 saturated heterocycles. The van der Waals surface area contributed by atoms with E-state index in [1.165, 1.54) is 18.4 Å². The quantitative estimate of drug-likeness (QED) is 0.763. The van der Waals surface area contributed by atoms with Gasteiger partial charge in [0.15, 0.2) is 0 Å². The van der Waals surface area contributed by atoms with Crippen molar-refractivity contribution in [2.24, 2.45) is 5.92 Å². The number of esters is 1. The summed E-state index contributed by atoms with van der Waals surface area (Å²) >= 11 is 1.32. The number of nitrogens with one attached hydrogen (secondary N) is 2. The average molecular weight is 372 g/mol. The molecule has 2 aromatic rings. The van der Waals surface area contributed by atoms with Crippen LogP contribution in [-0.4, -0.2) is 24.9 Å². The second-order valence-electron chi connectivity index (χ2n) is 6.23. The number of anilines is 1. The highest BCUT2D eigenvalue weighted by Gasteiger charge is 2.29. The van der Waals surface area contributed by atoms with Gasteiger partial charge in [0.2, 0.25) is 5.91 Å². The molecule has 0 spiro atoms. The van der Waals surface area contributed by atoms with E-state index in [1.54, 1.807) is 18.2 Å². The third-order valence-corrected chi connectivity index (χ3v) is 5.08. The van der Waals surface area contributed by atoms with Crippen LogP contribution in [0.2, 0.25) is 0 Å². The number of hydrogen-bond donors (Lipinski definition) is 2. The first-order valence-corrected chi connectivity index (χ1v) is 9.16. The maximum atomic E-state index is 12.4. The van der Waals surface area contributed by atoms with Gasteiger partial charge in [-0.2, -0.15) is 0 Å². The van der Waals surface area contributed by atoms with E-state index < -0.39 is 5.97 Å². The first-order chi connectivity index (χ1) is 12.5. The predicted octanol–water partition coefficient (Wildman–Crippen LogP) is 3.12. The molecule has 0 unspecified atom stereocenters. The highest BCUT2D eigenvalue weighted by molar-refractivity contribution is 7.16. The normalized spacial score (nSPS) is 13.2. The first-order valence-electron chi connectivity index (χ1n) is 8.34. The number of carbonyl (C=O) groups is 3. The number of aryl methyl sites for hydroxylation is 1. The topological polar surface area (TPSA) is 84.5 Å². The van der Waals surface area contributed by atoms with Gasteiger partial charge in [0.25, 0.3) is 5.91 Å². The number of benzene rings is 1. The average Bonchev–Trinajstić information content (AvgIpc) is 3.43. The van der Waals surface area contributed by atoms with Gasteiger partial charge >= 0.3 is 5.97 Å². The molecule has 3 rings (SSSR count). The third-order valence-electron chi connectivity index (χ3n) is 4.12. The summed E-state index contributed by atoms with van der Waals surface area (Å²) < 4.78 is 4.74. The largest absolute Gasteiger partial charge is 0.465 e. The van der Waals surface area contributed by atoms with Crippen molar-refractivity contribution < 1.29 is 19.1 Å². The minimum Gasteiger partial charge on any atom is -0.465 e. The van der Waals surface area contributed by atoms with Crippen molar-refractivity contribution in [1.29, 1.82) is 0 Å². The first kappa shape index (κ1) is 18.1. The molecule has 1 heterocycles. The summed E-state index contributed by atoms with van der Waals surface area (Å²) in [5, 5.41) is 6.13. The highest BCUT2D eigenvalue weighted by atomic mass is 32.1. The van der Waals surface area contributed by atoms with Crippen LogP contribution in [0.5, 0.6) is 0 Å². The van der Waals surface area contributed by atoms with Gasteiger partial charge in [0.05, 0.1) is 12.7 Å². The van der Waals surface area contributed by atoms with Crippen molar-refractivity contribution >= 4 is 34.1 Å². The third kappa shape index (κ3) is 4.29. The van der Waals surface area contributed by atoms with E-state index in [1.807, 2.05) is 19.1 Å². The molecule has 0 atom stereocenters. The van der Waals surface area contributed by atoms with E-state index in [0.29, 0.717) is 22.7 Å². The molecular weight excluding hydrogens is 352 g/mol. The van der Waals surface area contributed by atoms with Crippen LogP contribution in [0.15, 0.2) is 30.3 Å². The smallest absolute Gasteiger partial charge is 0.340 e. The summed E-state index contributed by atoms with van der Waals surface area (Å²) in [7, 11) is 1.31. The fourth-order valence-corrected chi connectivity index (χ4v) is 3.39. The number of hydrogen-bond acceptors (Lipinski definition) is 5. The molecule has 136 valence electrons. The molecule has 1 aromatic heterocycles. The van der Waals surface area contributed by atoms with E-state index in [0.717, 1.165) is 23.3 Å². The van der Waals surface area contributed by atoms with Crippen molar-refractivity contribution in [3.63, 3.8) is 0 Å². The summed E-state index contributed by atoms with van der Waals surface area (Å²) in [6.07, 6.45) is 1.95. The van der Waals surface area contributed by atoms with Gasteiger partial charge in [-0.25, -0.2) is 4.79 Å². The molecule has 1 saturated carbocycles. The number of amides is 2. The summed E-state index contributed by atoms with van der Waals surface area (Å²) in [6, 6.07) is 8.71. The van der Waals surface area contributed by atoms with Crippen LogP contribution >= 0.6 is 11.3 Å². The second kappa shape index (κ2) is 7.70. The Morgan fingerprint density at radius 3 is 2.50 bits per heavy atom. The summed E-state index contributed by atoms with van der Waals surface area (Å²) in [4.78, 5) is 36.8. The minimum absolute atomic E-state index is 0.0928. The Bertz CT molecular complexity index is 838. The minimum atomic E-state index is -0.480. The molecule has 0 aliphatic heterocycles. The number of carbonyl (C=O) groups excluding carboxylic acids is 3. The van der Waals surface area contributed by atoms with E-state index in [-0.39, 0.29) is 17.7 Å². The lowest BCUT2D eigenvalue weighted by molar-refractivity contribution is -0.122. The molecule has 1 aliphatic carbocycles. The number of methoxy groups -OCH3 is 1. The van der Waals surface area contributed by atoms with Gasteiger partial charge in [0, 0.05) is 22.9 Å². The SMILES string of the molecule is COC(=O)c1cc(C)sc1NC(=O)c1ccc(CNC(=O)C2CC2)cc1. The highest BCUT2D eigenvalue weighted by Crippen LogP contribution is 2.29. The van der Waals surface area contributed by atoms with Crippen molar-refractivity contribution in [3.8, 4) is 0 Å². The molecule has 2 amide bonds. The van der Waals surface area contributed by atoms with E-state index >= 15 is 0 Å². The maximum absolute atomic E-state index is 12.4. The Morgan fingerprint density at radius 1 is 1.19 bits per heavy atom. The number of thiophene rings is 1. The fraction of sp³-hybridized carbons (Fsp3) is 0.316. The predicted molar refractivity (Wildman–Crippen MR) is 99.4 cm³/mol.